The molecule has 1 saturated heterocycles. The largest absolute Gasteiger partial charge is 0.366 e. The Kier molecular flexibility index (Phi) is 4.37. The van der Waals surface area contributed by atoms with Gasteiger partial charge in [-0.05, 0) is 56.0 Å². The molecule has 18 heavy (non-hydrogen) atoms. The van der Waals surface area contributed by atoms with Crippen LogP contribution < -0.4 is 5.73 Å². The molecule has 3 heteroatoms. The molecule has 1 unspecified atom stereocenters. The van der Waals surface area contributed by atoms with E-state index in [-0.39, 0.29) is 5.91 Å². The zero-order chi connectivity index (χ0) is 13.0. The minimum Gasteiger partial charge on any atom is -0.366 e. The highest BCUT2D eigenvalue weighted by Crippen LogP contribution is 2.27. The van der Waals surface area contributed by atoms with Crippen LogP contribution in [-0.4, -0.2) is 30.4 Å². The van der Waals surface area contributed by atoms with Crippen LogP contribution in [0.15, 0.2) is 24.3 Å². The molecule has 0 radical (unpaired) electrons. The molecule has 1 aliphatic rings. The Morgan fingerprint density at radius 3 is 2.72 bits per heavy atom. The molecular weight excluding hydrogens is 224 g/mol. The Labute approximate surface area is 109 Å². The standard InChI is InChI=1S/C15H22N2O/c1-2-9-17-10-3-4-14(11-17)12-5-7-13(8-6-12)15(16)18/h5-8,14H,2-4,9-11H2,1H3,(H2,16,18). The van der Waals surface area contributed by atoms with E-state index in [1.165, 1.54) is 37.9 Å². The topological polar surface area (TPSA) is 46.3 Å². The SMILES string of the molecule is CCCN1CCCC(c2ccc(C(N)=O)cc2)C1. The first-order valence-corrected chi connectivity index (χ1v) is 6.83. The van der Waals surface area contributed by atoms with E-state index in [4.69, 9.17) is 5.73 Å². The second kappa shape index (κ2) is 6.01. The predicted molar refractivity (Wildman–Crippen MR) is 73.7 cm³/mol. The number of nitrogens with two attached hydrogens (primary N) is 1. The molecule has 1 atom stereocenters. The van der Waals surface area contributed by atoms with Gasteiger partial charge in [0.1, 0.15) is 0 Å². The first-order chi connectivity index (χ1) is 8.70. The van der Waals surface area contributed by atoms with Crippen molar-refractivity contribution in [2.75, 3.05) is 19.6 Å². The van der Waals surface area contributed by atoms with Crippen molar-refractivity contribution < 1.29 is 4.79 Å². The number of carbonyl (C=O) groups is 1. The highest BCUT2D eigenvalue weighted by atomic mass is 16.1. The van der Waals surface area contributed by atoms with Crippen molar-refractivity contribution in [3.05, 3.63) is 35.4 Å². The van der Waals surface area contributed by atoms with Crippen molar-refractivity contribution in [3.63, 3.8) is 0 Å². The summed E-state index contributed by atoms with van der Waals surface area (Å²) in [6.45, 7) is 5.79. The van der Waals surface area contributed by atoms with E-state index in [1.807, 2.05) is 12.1 Å². The zero-order valence-corrected chi connectivity index (χ0v) is 11.1. The number of piperidine rings is 1. The number of primary amides is 1. The van der Waals surface area contributed by atoms with E-state index in [2.05, 4.69) is 24.0 Å². The summed E-state index contributed by atoms with van der Waals surface area (Å²) in [5.74, 6) is 0.255. The lowest BCUT2D eigenvalue weighted by molar-refractivity contribution is 0.100. The van der Waals surface area contributed by atoms with Crippen LogP contribution in [-0.2, 0) is 0 Å². The van der Waals surface area contributed by atoms with Crippen LogP contribution >= 0.6 is 0 Å². The van der Waals surface area contributed by atoms with Gasteiger partial charge in [-0.15, -0.1) is 0 Å². The van der Waals surface area contributed by atoms with E-state index in [9.17, 15) is 4.79 Å². The van der Waals surface area contributed by atoms with Gasteiger partial charge in [0.15, 0.2) is 0 Å². The van der Waals surface area contributed by atoms with E-state index in [0.717, 1.165) is 6.54 Å². The fourth-order valence-electron chi connectivity index (χ4n) is 2.77. The number of amides is 1. The number of nitrogens with zero attached hydrogens (tertiary/aromatic N) is 1. The average molecular weight is 246 g/mol. The van der Waals surface area contributed by atoms with Gasteiger partial charge in [-0.25, -0.2) is 0 Å². The normalized spacial score (nSPS) is 20.8. The van der Waals surface area contributed by atoms with Gasteiger partial charge in [0.05, 0.1) is 0 Å². The molecule has 3 nitrogen and oxygen atoms in total. The Hall–Kier alpha value is -1.35. The smallest absolute Gasteiger partial charge is 0.248 e. The maximum atomic E-state index is 11.0. The Balaban J connectivity index is 2.04. The summed E-state index contributed by atoms with van der Waals surface area (Å²) >= 11 is 0. The third-order valence-corrected chi connectivity index (χ3v) is 3.71. The minimum absolute atomic E-state index is 0.349. The Morgan fingerprint density at radius 2 is 2.11 bits per heavy atom. The summed E-state index contributed by atoms with van der Waals surface area (Å²) in [7, 11) is 0. The molecule has 1 aliphatic heterocycles. The fraction of sp³-hybridized carbons (Fsp3) is 0.533. The number of benzene rings is 1. The molecule has 0 spiro atoms. The Bertz CT molecular complexity index is 397. The summed E-state index contributed by atoms with van der Waals surface area (Å²) in [4.78, 5) is 13.6. The third-order valence-electron chi connectivity index (χ3n) is 3.71. The van der Waals surface area contributed by atoms with E-state index >= 15 is 0 Å². The second-order valence-electron chi connectivity index (χ2n) is 5.13. The molecule has 2 rings (SSSR count). The lowest BCUT2D eigenvalue weighted by atomic mass is 9.90. The molecule has 0 aliphatic carbocycles. The maximum absolute atomic E-state index is 11.0. The molecule has 1 aromatic carbocycles. The summed E-state index contributed by atoms with van der Waals surface area (Å²) < 4.78 is 0. The van der Waals surface area contributed by atoms with Gasteiger partial charge < -0.3 is 10.6 Å². The highest BCUT2D eigenvalue weighted by molar-refractivity contribution is 5.92. The summed E-state index contributed by atoms with van der Waals surface area (Å²) in [6, 6.07) is 7.80. The maximum Gasteiger partial charge on any atom is 0.248 e. The average Bonchev–Trinajstić information content (AvgIpc) is 2.39. The van der Waals surface area contributed by atoms with Crippen molar-refractivity contribution in [2.24, 2.45) is 5.73 Å². The van der Waals surface area contributed by atoms with E-state index < -0.39 is 0 Å². The lowest BCUT2D eigenvalue weighted by Crippen LogP contribution is -2.34. The third kappa shape index (κ3) is 3.10. The number of hydrogen-bond acceptors (Lipinski definition) is 2. The number of rotatable bonds is 4. The van der Waals surface area contributed by atoms with E-state index in [0.29, 0.717) is 11.5 Å². The van der Waals surface area contributed by atoms with Crippen molar-refractivity contribution in [1.29, 1.82) is 0 Å². The first kappa shape index (κ1) is 13.1. The molecule has 1 aromatic rings. The lowest BCUT2D eigenvalue weighted by Gasteiger charge is -2.32. The highest BCUT2D eigenvalue weighted by Gasteiger charge is 2.20. The molecule has 98 valence electrons. The van der Waals surface area contributed by atoms with Crippen LogP contribution in [0.25, 0.3) is 0 Å². The molecule has 1 heterocycles. The van der Waals surface area contributed by atoms with Crippen LogP contribution in [0.1, 0.15) is 48.0 Å². The van der Waals surface area contributed by atoms with Gasteiger partial charge in [0, 0.05) is 12.1 Å². The summed E-state index contributed by atoms with van der Waals surface area (Å²) in [6.07, 6.45) is 3.73. The quantitative estimate of drug-likeness (QED) is 0.886. The minimum atomic E-state index is -0.349. The second-order valence-corrected chi connectivity index (χ2v) is 5.13. The van der Waals surface area contributed by atoms with Crippen LogP contribution in [0.2, 0.25) is 0 Å². The fourth-order valence-corrected chi connectivity index (χ4v) is 2.77. The van der Waals surface area contributed by atoms with Gasteiger partial charge in [-0.1, -0.05) is 19.1 Å². The van der Waals surface area contributed by atoms with Gasteiger partial charge in [0.2, 0.25) is 5.91 Å². The number of carbonyl (C=O) groups excluding carboxylic acids is 1. The molecule has 0 saturated carbocycles. The molecule has 0 bridgehead atoms. The molecule has 1 amide bonds. The van der Waals surface area contributed by atoms with E-state index in [1.54, 1.807) is 0 Å². The van der Waals surface area contributed by atoms with Crippen molar-refractivity contribution in [2.45, 2.75) is 32.1 Å². The van der Waals surface area contributed by atoms with Crippen LogP contribution in [0.4, 0.5) is 0 Å². The number of likely N-dealkylation sites (tertiary alicyclic amines) is 1. The monoisotopic (exact) mass is 246 g/mol. The summed E-state index contributed by atoms with van der Waals surface area (Å²) in [5.41, 5.74) is 7.19. The van der Waals surface area contributed by atoms with Gasteiger partial charge in [0.25, 0.3) is 0 Å². The Morgan fingerprint density at radius 1 is 1.39 bits per heavy atom. The molecular formula is C15H22N2O. The van der Waals surface area contributed by atoms with Gasteiger partial charge in [-0.2, -0.15) is 0 Å². The van der Waals surface area contributed by atoms with Crippen LogP contribution in [0, 0.1) is 0 Å². The van der Waals surface area contributed by atoms with Gasteiger partial charge >= 0.3 is 0 Å². The van der Waals surface area contributed by atoms with Crippen molar-refractivity contribution in [3.8, 4) is 0 Å². The first-order valence-electron chi connectivity index (χ1n) is 6.83. The zero-order valence-electron chi connectivity index (χ0n) is 11.1. The molecule has 1 fully saturated rings. The van der Waals surface area contributed by atoms with Crippen LogP contribution in [0.5, 0.6) is 0 Å². The predicted octanol–water partition coefficient (Wildman–Crippen LogP) is 2.37. The summed E-state index contributed by atoms with van der Waals surface area (Å²) in [5, 5.41) is 0. The van der Waals surface area contributed by atoms with Gasteiger partial charge in [-0.3, -0.25) is 4.79 Å². The molecule has 0 aromatic heterocycles. The number of hydrogen-bond donors (Lipinski definition) is 1. The molecule has 2 N–H and O–H groups in total. The van der Waals surface area contributed by atoms with Crippen molar-refractivity contribution >= 4 is 5.91 Å². The van der Waals surface area contributed by atoms with Crippen LogP contribution in [0.3, 0.4) is 0 Å². The van der Waals surface area contributed by atoms with Crippen molar-refractivity contribution in [1.82, 2.24) is 4.90 Å².